The van der Waals surface area contributed by atoms with Crippen LogP contribution < -0.4 is 10.2 Å². The summed E-state index contributed by atoms with van der Waals surface area (Å²) in [4.78, 5) is 41.3. The number of hydrogen-bond donors (Lipinski definition) is 1. The van der Waals surface area contributed by atoms with E-state index >= 15 is 0 Å². The summed E-state index contributed by atoms with van der Waals surface area (Å²) in [5, 5.41) is 2.57. The Labute approximate surface area is 205 Å². The molecule has 1 saturated heterocycles. The third-order valence-corrected chi connectivity index (χ3v) is 6.12. The van der Waals surface area contributed by atoms with E-state index in [1.807, 2.05) is 44.2 Å². The normalized spacial score (nSPS) is 15.2. The number of benzene rings is 2. The Hall–Kier alpha value is -3.62. The number of carbonyl (C=O) groups is 3. The first kappa shape index (κ1) is 26.0. The number of anilines is 1. The SMILES string of the molecule is CC[C@H](C)[C@H](NC(=O)OCc1ccccc1)C(=O)OCC(=O)N1CCN(c2ccc(F)cc2)CC1. The molecule has 2 amide bonds. The lowest BCUT2D eigenvalue weighted by Gasteiger charge is -2.36. The molecule has 1 fully saturated rings. The molecule has 2 aromatic rings. The summed E-state index contributed by atoms with van der Waals surface area (Å²) in [5.41, 5.74) is 1.72. The highest BCUT2D eigenvalue weighted by Gasteiger charge is 2.29. The van der Waals surface area contributed by atoms with E-state index in [4.69, 9.17) is 9.47 Å². The van der Waals surface area contributed by atoms with Crippen molar-refractivity contribution < 1.29 is 28.2 Å². The van der Waals surface area contributed by atoms with Crippen molar-refractivity contribution in [2.45, 2.75) is 32.9 Å². The maximum atomic E-state index is 13.1. The average molecular weight is 486 g/mol. The van der Waals surface area contributed by atoms with Crippen LogP contribution in [0.2, 0.25) is 0 Å². The van der Waals surface area contributed by atoms with Crippen LogP contribution in [-0.2, 0) is 25.7 Å². The fourth-order valence-electron chi connectivity index (χ4n) is 3.74. The van der Waals surface area contributed by atoms with Gasteiger partial charge >= 0.3 is 12.1 Å². The van der Waals surface area contributed by atoms with Crippen molar-refractivity contribution in [1.82, 2.24) is 10.2 Å². The number of rotatable bonds is 9. The van der Waals surface area contributed by atoms with Gasteiger partial charge in [-0.1, -0.05) is 50.6 Å². The Balaban J connectivity index is 1.45. The van der Waals surface area contributed by atoms with E-state index in [2.05, 4.69) is 10.2 Å². The highest BCUT2D eigenvalue weighted by molar-refractivity contribution is 5.85. The van der Waals surface area contributed by atoms with Crippen LogP contribution in [0.4, 0.5) is 14.9 Å². The second-order valence-corrected chi connectivity index (χ2v) is 8.52. The van der Waals surface area contributed by atoms with E-state index in [9.17, 15) is 18.8 Å². The van der Waals surface area contributed by atoms with Crippen molar-refractivity contribution in [2.75, 3.05) is 37.7 Å². The number of piperazine rings is 1. The van der Waals surface area contributed by atoms with Gasteiger partial charge in [-0.2, -0.15) is 0 Å². The molecule has 1 aliphatic heterocycles. The largest absolute Gasteiger partial charge is 0.454 e. The number of esters is 1. The van der Waals surface area contributed by atoms with Crippen molar-refractivity contribution in [2.24, 2.45) is 5.92 Å². The van der Waals surface area contributed by atoms with Gasteiger partial charge < -0.3 is 24.6 Å². The zero-order chi connectivity index (χ0) is 25.2. The second-order valence-electron chi connectivity index (χ2n) is 8.52. The summed E-state index contributed by atoms with van der Waals surface area (Å²) < 4.78 is 23.6. The molecule has 9 heteroatoms. The highest BCUT2D eigenvalue weighted by Crippen LogP contribution is 2.17. The quantitative estimate of drug-likeness (QED) is 0.548. The van der Waals surface area contributed by atoms with Crippen molar-refractivity contribution >= 4 is 23.7 Å². The molecule has 8 nitrogen and oxygen atoms in total. The zero-order valence-electron chi connectivity index (χ0n) is 20.1. The van der Waals surface area contributed by atoms with Crippen LogP contribution >= 0.6 is 0 Å². The summed E-state index contributed by atoms with van der Waals surface area (Å²) in [6.07, 6.45) is -0.0998. The minimum atomic E-state index is -0.925. The van der Waals surface area contributed by atoms with Gasteiger partial charge in [-0.15, -0.1) is 0 Å². The smallest absolute Gasteiger partial charge is 0.408 e. The molecule has 0 saturated carbocycles. The van der Waals surface area contributed by atoms with Gasteiger partial charge in [-0.3, -0.25) is 4.79 Å². The molecule has 0 unspecified atom stereocenters. The molecule has 35 heavy (non-hydrogen) atoms. The molecule has 188 valence electrons. The topological polar surface area (TPSA) is 88.2 Å². The van der Waals surface area contributed by atoms with Gasteiger partial charge in [0.1, 0.15) is 18.5 Å². The number of hydrogen-bond acceptors (Lipinski definition) is 6. The Bertz CT molecular complexity index is 978. The van der Waals surface area contributed by atoms with E-state index in [0.717, 1.165) is 11.3 Å². The van der Waals surface area contributed by atoms with Crippen LogP contribution in [0, 0.1) is 11.7 Å². The molecule has 3 rings (SSSR count). The highest BCUT2D eigenvalue weighted by atomic mass is 19.1. The van der Waals surface area contributed by atoms with Crippen LogP contribution in [0.5, 0.6) is 0 Å². The van der Waals surface area contributed by atoms with Gasteiger partial charge in [-0.25, -0.2) is 14.0 Å². The summed E-state index contributed by atoms with van der Waals surface area (Å²) in [6.45, 7) is 5.51. The third-order valence-electron chi connectivity index (χ3n) is 6.12. The van der Waals surface area contributed by atoms with Gasteiger partial charge in [0.15, 0.2) is 6.61 Å². The Morgan fingerprint density at radius 1 is 0.971 bits per heavy atom. The first-order chi connectivity index (χ1) is 16.9. The number of carbonyl (C=O) groups excluding carboxylic acids is 3. The summed E-state index contributed by atoms with van der Waals surface area (Å²) in [7, 11) is 0. The second kappa shape index (κ2) is 12.7. The first-order valence-corrected chi connectivity index (χ1v) is 11.8. The fourth-order valence-corrected chi connectivity index (χ4v) is 3.74. The monoisotopic (exact) mass is 485 g/mol. The number of alkyl carbamates (subject to hydrolysis) is 1. The Kier molecular flexibility index (Phi) is 9.46. The van der Waals surface area contributed by atoms with Crippen LogP contribution in [0.1, 0.15) is 25.8 Å². The molecule has 0 radical (unpaired) electrons. The maximum Gasteiger partial charge on any atom is 0.408 e. The van der Waals surface area contributed by atoms with Crippen LogP contribution in [0.25, 0.3) is 0 Å². The first-order valence-electron chi connectivity index (χ1n) is 11.8. The number of ether oxygens (including phenoxy) is 2. The van der Waals surface area contributed by atoms with E-state index in [1.165, 1.54) is 12.1 Å². The molecule has 0 aromatic heterocycles. The van der Waals surface area contributed by atoms with Crippen LogP contribution in [0.15, 0.2) is 54.6 Å². The lowest BCUT2D eigenvalue weighted by Crippen LogP contribution is -2.51. The van der Waals surface area contributed by atoms with E-state index < -0.39 is 24.7 Å². The molecule has 1 aliphatic rings. The lowest BCUT2D eigenvalue weighted by atomic mass is 9.99. The summed E-state index contributed by atoms with van der Waals surface area (Å²) in [6, 6.07) is 14.5. The van der Waals surface area contributed by atoms with E-state index in [-0.39, 0.29) is 24.2 Å². The van der Waals surface area contributed by atoms with Gasteiger partial charge in [0.2, 0.25) is 0 Å². The number of nitrogens with zero attached hydrogens (tertiary/aromatic N) is 2. The minimum Gasteiger partial charge on any atom is -0.454 e. The number of nitrogens with one attached hydrogen (secondary N) is 1. The van der Waals surface area contributed by atoms with Gasteiger partial charge in [0, 0.05) is 31.9 Å². The Morgan fingerprint density at radius 2 is 1.63 bits per heavy atom. The maximum absolute atomic E-state index is 13.1. The molecular weight excluding hydrogens is 453 g/mol. The van der Waals surface area contributed by atoms with Crippen molar-refractivity contribution in [3.63, 3.8) is 0 Å². The van der Waals surface area contributed by atoms with Gasteiger partial charge in [0.05, 0.1) is 0 Å². The van der Waals surface area contributed by atoms with E-state index in [0.29, 0.717) is 32.6 Å². The molecule has 0 spiro atoms. The standard InChI is InChI=1S/C26H32FN3O5/c1-3-19(2)24(28-26(33)35-17-20-7-5-4-6-8-20)25(32)34-18-23(31)30-15-13-29(14-16-30)22-11-9-21(27)10-12-22/h4-12,19,24H,3,13-18H2,1-2H3,(H,28,33)/t19-,24-/m0/s1. The van der Waals surface area contributed by atoms with Crippen molar-refractivity contribution in [3.05, 3.63) is 66.0 Å². The van der Waals surface area contributed by atoms with Crippen LogP contribution in [0.3, 0.4) is 0 Å². The fraction of sp³-hybridized carbons (Fsp3) is 0.423. The van der Waals surface area contributed by atoms with E-state index in [1.54, 1.807) is 17.0 Å². The molecule has 1 heterocycles. The third kappa shape index (κ3) is 7.70. The summed E-state index contributed by atoms with van der Waals surface area (Å²) >= 11 is 0. The molecule has 1 N–H and O–H groups in total. The molecule has 2 atom stereocenters. The minimum absolute atomic E-state index is 0.0807. The zero-order valence-corrected chi connectivity index (χ0v) is 20.1. The van der Waals surface area contributed by atoms with Crippen molar-refractivity contribution in [3.8, 4) is 0 Å². The summed E-state index contributed by atoms with van der Waals surface area (Å²) in [5.74, 6) is -1.47. The number of amides is 2. The molecule has 0 aliphatic carbocycles. The van der Waals surface area contributed by atoms with Crippen LogP contribution in [-0.4, -0.2) is 61.7 Å². The molecular formula is C26H32FN3O5. The predicted octanol–water partition coefficient (Wildman–Crippen LogP) is 3.36. The number of halogens is 1. The average Bonchev–Trinajstić information content (AvgIpc) is 2.89. The van der Waals surface area contributed by atoms with Crippen molar-refractivity contribution in [1.29, 1.82) is 0 Å². The Morgan fingerprint density at radius 3 is 2.26 bits per heavy atom. The predicted molar refractivity (Wildman–Crippen MR) is 129 cm³/mol. The van der Waals surface area contributed by atoms with Gasteiger partial charge in [0.25, 0.3) is 5.91 Å². The molecule has 0 bridgehead atoms. The van der Waals surface area contributed by atoms with Gasteiger partial charge in [-0.05, 0) is 35.7 Å². The molecule has 2 aromatic carbocycles. The lowest BCUT2D eigenvalue weighted by molar-refractivity contribution is -0.154.